The Morgan fingerprint density at radius 3 is 2.39 bits per heavy atom. The second-order valence-corrected chi connectivity index (χ2v) is 4.43. The molecule has 3 heteroatoms. The number of carbonyl (C=O) groups is 3. The Morgan fingerprint density at radius 2 is 1.72 bits per heavy atom. The van der Waals surface area contributed by atoms with Crippen LogP contribution < -0.4 is 0 Å². The molecule has 0 saturated heterocycles. The van der Waals surface area contributed by atoms with Gasteiger partial charge in [-0.25, -0.2) is 0 Å². The zero-order valence-corrected chi connectivity index (χ0v) is 10.4. The minimum Gasteiger partial charge on any atom is -0.302 e. The summed E-state index contributed by atoms with van der Waals surface area (Å²) in [4.78, 5) is 33.5. The molecule has 1 aliphatic carbocycles. The van der Waals surface area contributed by atoms with E-state index in [4.69, 9.17) is 0 Å². The van der Waals surface area contributed by atoms with E-state index >= 15 is 0 Å². The van der Waals surface area contributed by atoms with E-state index in [0.717, 1.165) is 25.7 Å². The molecule has 1 aliphatic rings. The van der Waals surface area contributed by atoms with E-state index in [1.807, 2.05) is 6.08 Å². The molecule has 0 fully saturated rings. The van der Waals surface area contributed by atoms with Gasteiger partial charge in [-0.15, -0.1) is 0 Å². The van der Waals surface area contributed by atoms with Gasteiger partial charge in [-0.05, 0) is 19.3 Å². The number of hydrogen-bond donors (Lipinski definition) is 0. The molecule has 0 amide bonds. The quantitative estimate of drug-likeness (QED) is 0.568. The first kappa shape index (κ1) is 14.3. The van der Waals surface area contributed by atoms with Crippen LogP contribution >= 0.6 is 0 Å². The van der Waals surface area contributed by atoms with Crippen LogP contribution in [0.4, 0.5) is 0 Å². The van der Waals surface area contributed by atoms with E-state index in [1.54, 1.807) is 18.2 Å². The molecular weight excluding hydrogens is 228 g/mol. The molecule has 0 unspecified atom stereocenters. The van der Waals surface area contributed by atoms with Gasteiger partial charge in [-0.1, -0.05) is 43.2 Å². The van der Waals surface area contributed by atoms with Gasteiger partial charge in [0.25, 0.3) is 0 Å². The Labute approximate surface area is 107 Å². The maximum atomic E-state index is 11.2. The van der Waals surface area contributed by atoms with Gasteiger partial charge < -0.3 is 9.59 Å². The molecule has 0 heterocycles. The number of carbonyl (C=O) groups excluding carboxylic acids is 3. The highest BCUT2D eigenvalue weighted by Gasteiger charge is 2.33. The van der Waals surface area contributed by atoms with Gasteiger partial charge in [0.15, 0.2) is 0 Å². The minimum absolute atomic E-state index is 0.234. The van der Waals surface area contributed by atoms with Gasteiger partial charge in [0.2, 0.25) is 0 Å². The predicted molar refractivity (Wildman–Crippen MR) is 70.1 cm³/mol. The van der Waals surface area contributed by atoms with Gasteiger partial charge in [0.05, 0.1) is 0 Å². The SMILES string of the molecule is O=CC1=CC=CC=CCCCCCC1(C=O)C=O. The minimum atomic E-state index is -1.27. The number of hydrogen-bond acceptors (Lipinski definition) is 3. The van der Waals surface area contributed by atoms with Crippen molar-refractivity contribution in [3.8, 4) is 0 Å². The van der Waals surface area contributed by atoms with Crippen LogP contribution in [0.1, 0.15) is 32.1 Å². The van der Waals surface area contributed by atoms with E-state index in [9.17, 15) is 14.4 Å². The number of aldehydes is 3. The zero-order chi connectivity index (χ0) is 13.3. The predicted octanol–water partition coefficient (Wildman–Crippen LogP) is 2.57. The smallest absolute Gasteiger partial charge is 0.147 e. The summed E-state index contributed by atoms with van der Waals surface area (Å²) in [6.45, 7) is 0. The Kier molecular flexibility index (Phi) is 5.98. The highest BCUT2D eigenvalue weighted by molar-refractivity contribution is 5.97. The molecule has 0 radical (unpaired) electrons. The van der Waals surface area contributed by atoms with Crippen molar-refractivity contribution in [2.45, 2.75) is 32.1 Å². The van der Waals surface area contributed by atoms with Gasteiger partial charge >= 0.3 is 0 Å². The fourth-order valence-corrected chi connectivity index (χ4v) is 1.98. The Bertz CT molecular complexity index is 381. The van der Waals surface area contributed by atoms with Crippen molar-refractivity contribution in [2.24, 2.45) is 5.41 Å². The van der Waals surface area contributed by atoms with Crippen LogP contribution in [0.15, 0.2) is 36.0 Å². The Morgan fingerprint density at radius 1 is 0.944 bits per heavy atom. The first-order chi connectivity index (χ1) is 8.79. The molecule has 0 aromatic rings. The highest BCUT2D eigenvalue weighted by Crippen LogP contribution is 2.28. The third kappa shape index (κ3) is 3.62. The molecule has 0 bridgehead atoms. The van der Waals surface area contributed by atoms with Crippen LogP contribution in [0.25, 0.3) is 0 Å². The second kappa shape index (κ2) is 7.54. The molecule has 18 heavy (non-hydrogen) atoms. The summed E-state index contributed by atoms with van der Waals surface area (Å²) >= 11 is 0. The Balaban J connectivity index is 3.08. The van der Waals surface area contributed by atoms with E-state index in [0.29, 0.717) is 25.3 Å². The standard InChI is InChI=1S/C15H18O3/c16-11-14-9-7-5-3-1-2-4-6-8-10-15(14,12-17)13-18/h1,3,5,7,9,11-13H,2,4,6,8,10H2. The maximum Gasteiger partial charge on any atom is 0.147 e. The van der Waals surface area contributed by atoms with Crippen molar-refractivity contribution < 1.29 is 14.4 Å². The summed E-state index contributed by atoms with van der Waals surface area (Å²) in [5, 5.41) is 0. The Hall–Kier alpha value is -1.77. The second-order valence-electron chi connectivity index (χ2n) is 4.43. The number of allylic oxidation sites excluding steroid dienone is 6. The first-order valence-corrected chi connectivity index (χ1v) is 6.21. The summed E-state index contributed by atoms with van der Waals surface area (Å²) < 4.78 is 0. The fraction of sp³-hybridized carbons (Fsp3) is 0.400. The lowest BCUT2D eigenvalue weighted by Crippen LogP contribution is -2.28. The average molecular weight is 246 g/mol. The van der Waals surface area contributed by atoms with Gasteiger partial charge in [-0.3, -0.25) is 4.79 Å². The van der Waals surface area contributed by atoms with Crippen molar-refractivity contribution in [1.82, 2.24) is 0 Å². The maximum absolute atomic E-state index is 11.2. The lowest BCUT2D eigenvalue weighted by molar-refractivity contribution is -0.126. The summed E-state index contributed by atoms with van der Waals surface area (Å²) in [5.74, 6) is 0. The van der Waals surface area contributed by atoms with Crippen LogP contribution in [0.3, 0.4) is 0 Å². The summed E-state index contributed by atoms with van der Waals surface area (Å²) in [5.41, 5.74) is -1.03. The summed E-state index contributed by atoms with van der Waals surface area (Å²) in [6, 6.07) is 0. The van der Waals surface area contributed by atoms with Crippen molar-refractivity contribution in [2.75, 3.05) is 0 Å². The third-order valence-electron chi connectivity index (χ3n) is 3.18. The van der Waals surface area contributed by atoms with Crippen LogP contribution in [-0.2, 0) is 14.4 Å². The summed E-state index contributed by atoms with van der Waals surface area (Å²) in [7, 11) is 0. The van der Waals surface area contributed by atoms with Crippen LogP contribution in [0.5, 0.6) is 0 Å². The molecule has 96 valence electrons. The molecular formula is C15H18O3. The van der Waals surface area contributed by atoms with Crippen molar-refractivity contribution in [1.29, 1.82) is 0 Å². The topological polar surface area (TPSA) is 51.2 Å². The molecule has 1 rings (SSSR count). The molecule has 0 N–H and O–H groups in total. The molecule has 0 atom stereocenters. The molecule has 0 aliphatic heterocycles. The van der Waals surface area contributed by atoms with E-state index in [1.165, 1.54) is 0 Å². The first-order valence-electron chi connectivity index (χ1n) is 6.21. The number of rotatable bonds is 3. The normalized spacial score (nSPS) is 20.1. The average Bonchev–Trinajstić information content (AvgIpc) is 2.40. The van der Waals surface area contributed by atoms with Crippen LogP contribution in [-0.4, -0.2) is 18.9 Å². The van der Waals surface area contributed by atoms with Gasteiger partial charge in [-0.2, -0.15) is 0 Å². The van der Waals surface area contributed by atoms with Crippen LogP contribution in [0.2, 0.25) is 0 Å². The monoisotopic (exact) mass is 246 g/mol. The lowest BCUT2D eigenvalue weighted by atomic mass is 9.78. The van der Waals surface area contributed by atoms with E-state index in [-0.39, 0.29) is 5.57 Å². The highest BCUT2D eigenvalue weighted by atomic mass is 16.1. The van der Waals surface area contributed by atoms with E-state index < -0.39 is 5.41 Å². The van der Waals surface area contributed by atoms with Crippen LogP contribution in [0, 0.1) is 5.41 Å². The van der Waals surface area contributed by atoms with Crippen molar-refractivity contribution >= 4 is 18.9 Å². The summed E-state index contributed by atoms with van der Waals surface area (Å²) in [6.07, 6.45) is 14.9. The van der Waals surface area contributed by atoms with E-state index in [2.05, 4.69) is 6.08 Å². The fourth-order valence-electron chi connectivity index (χ4n) is 1.98. The molecule has 0 spiro atoms. The molecule has 3 nitrogen and oxygen atoms in total. The zero-order valence-electron chi connectivity index (χ0n) is 10.4. The van der Waals surface area contributed by atoms with Gasteiger partial charge in [0.1, 0.15) is 24.3 Å². The lowest BCUT2D eigenvalue weighted by Gasteiger charge is -2.21. The third-order valence-corrected chi connectivity index (χ3v) is 3.18. The van der Waals surface area contributed by atoms with Crippen molar-refractivity contribution in [3.05, 3.63) is 36.0 Å². The molecule has 0 saturated carbocycles. The molecule has 0 aromatic heterocycles. The van der Waals surface area contributed by atoms with Gasteiger partial charge in [0, 0.05) is 5.57 Å². The van der Waals surface area contributed by atoms with Crippen molar-refractivity contribution in [3.63, 3.8) is 0 Å². The molecule has 0 aromatic carbocycles. The largest absolute Gasteiger partial charge is 0.302 e.